The van der Waals surface area contributed by atoms with Crippen molar-refractivity contribution < 1.29 is 9.21 Å². The van der Waals surface area contributed by atoms with Crippen LogP contribution >= 0.6 is 0 Å². The molecule has 7 heteroatoms. The molecule has 0 saturated heterocycles. The van der Waals surface area contributed by atoms with E-state index < -0.39 is 0 Å². The van der Waals surface area contributed by atoms with Gasteiger partial charge in [0.05, 0.1) is 29.4 Å². The van der Waals surface area contributed by atoms with Gasteiger partial charge in [-0.05, 0) is 24.3 Å². The van der Waals surface area contributed by atoms with E-state index >= 15 is 0 Å². The molecule has 0 aliphatic carbocycles. The molecule has 0 bridgehead atoms. The molecule has 5 rings (SSSR count). The van der Waals surface area contributed by atoms with E-state index in [2.05, 4.69) is 20.4 Å². The van der Waals surface area contributed by atoms with Gasteiger partial charge in [0.15, 0.2) is 0 Å². The van der Waals surface area contributed by atoms with Crippen molar-refractivity contribution in [2.24, 2.45) is 0 Å². The third-order valence-electron chi connectivity index (χ3n) is 4.51. The first-order valence-electron chi connectivity index (χ1n) is 8.10. The Morgan fingerprint density at radius 1 is 1.24 bits per heavy atom. The number of imidazole rings is 1. The normalized spacial score (nSPS) is 16.8. The van der Waals surface area contributed by atoms with Crippen LogP contribution in [0.5, 0.6) is 0 Å². The zero-order valence-corrected chi connectivity index (χ0v) is 13.3. The summed E-state index contributed by atoms with van der Waals surface area (Å²) in [5.74, 6) is 2.10. The number of aromatic amines is 1. The number of furan rings is 1. The minimum atomic E-state index is -0.137. The summed E-state index contributed by atoms with van der Waals surface area (Å²) in [6, 6.07) is 11.6. The molecular weight excluding hydrogens is 318 g/mol. The maximum Gasteiger partial charge on any atom is 0.226 e. The maximum absolute atomic E-state index is 12.3. The molecule has 7 nitrogen and oxygen atoms in total. The van der Waals surface area contributed by atoms with Crippen molar-refractivity contribution in [3.8, 4) is 0 Å². The molecule has 1 atom stereocenters. The van der Waals surface area contributed by atoms with Crippen LogP contribution in [0.4, 0.5) is 5.82 Å². The van der Waals surface area contributed by atoms with E-state index in [4.69, 9.17) is 4.42 Å². The molecule has 1 aromatic carbocycles. The Balaban J connectivity index is 1.57. The molecule has 124 valence electrons. The van der Waals surface area contributed by atoms with Crippen LogP contribution in [0.1, 0.15) is 29.5 Å². The largest absolute Gasteiger partial charge is 0.467 e. The standard InChI is InChI=1S/C18H15N5O2/c24-16-8-12(17-20-14-5-1-2-6-15(14)21-17)13-9-19-23(18(13)22-16)10-11-4-3-7-25-11/h1-7,9,12H,8,10H2,(H,20,21)(H,22,24)/t12-/m0/s1. The molecular formula is C18H15N5O2. The summed E-state index contributed by atoms with van der Waals surface area (Å²) in [5.41, 5.74) is 2.83. The van der Waals surface area contributed by atoms with Crippen LogP contribution in [-0.2, 0) is 11.3 Å². The molecule has 2 N–H and O–H groups in total. The Morgan fingerprint density at radius 3 is 3.00 bits per heavy atom. The molecule has 0 unspecified atom stereocenters. The molecule has 1 amide bonds. The number of para-hydroxylation sites is 2. The highest BCUT2D eigenvalue weighted by Gasteiger charge is 2.32. The van der Waals surface area contributed by atoms with Crippen LogP contribution in [0.2, 0.25) is 0 Å². The fourth-order valence-corrected chi connectivity index (χ4v) is 3.32. The summed E-state index contributed by atoms with van der Waals surface area (Å²) in [6.45, 7) is 0.468. The summed E-state index contributed by atoms with van der Waals surface area (Å²) < 4.78 is 7.13. The van der Waals surface area contributed by atoms with Crippen LogP contribution < -0.4 is 5.32 Å². The summed E-state index contributed by atoms with van der Waals surface area (Å²) in [7, 11) is 0. The topological polar surface area (TPSA) is 88.7 Å². The van der Waals surface area contributed by atoms with Gasteiger partial charge in [-0.15, -0.1) is 0 Å². The average molecular weight is 333 g/mol. The minimum Gasteiger partial charge on any atom is -0.467 e. The van der Waals surface area contributed by atoms with Gasteiger partial charge in [0.2, 0.25) is 5.91 Å². The Kier molecular flexibility index (Phi) is 3.00. The average Bonchev–Trinajstić information content (AvgIpc) is 3.34. The number of fused-ring (bicyclic) bond motifs is 2. The molecule has 4 aromatic rings. The Morgan fingerprint density at radius 2 is 2.16 bits per heavy atom. The second kappa shape index (κ2) is 5.34. The van der Waals surface area contributed by atoms with Gasteiger partial charge in [-0.1, -0.05) is 12.1 Å². The van der Waals surface area contributed by atoms with Crippen molar-refractivity contribution in [3.05, 3.63) is 66.0 Å². The van der Waals surface area contributed by atoms with Crippen LogP contribution in [0, 0.1) is 0 Å². The molecule has 4 heterocycles. The third kappa shape index (κ3) is 2.32. The third-order valence-corrected chi connectivity index (χ3v) is 4.51. The van der Waals surface area contributed by atoms with E-state index in [9.17, 15) is 4.79 Å². The lowest BCUT2D eigenvalue weighted by molar-refractivity contribution is -0.116. The van der Waals surface area contributed by atoms with Crippen molar-refractivity contribution in [3.63, 3.8) is 0 Å². The first-order chi connectivity index (χ1) is 12.3. The summed E-state index contributed by atoms with van der Waals surface area (Å²) in [4.78, 5) is 20.3. The SMILES string of the molecule is O=C1C[C@H](c2nc3ccccc3[nH]2)c2cnn(Cc3ccco3)c2N1. The number of nitrogens with zero attached hydrogens (tertiary/aromatic N) is 3. The number of hydrogen-bond donors (Lipinski definition) is 2. The maximum atomic E-state index is 12.3. The van der Waals surface area contributed by atoms with Crippen molar-refractivity contribution in [2.75, 3.05) is 5.32 Å². The van der Waals surface area contributed by atoms with E-state index in [-0.39, 0.29) is 11.8 Å². The predicted molar refractivity (Wildman–Crippen MR) is 91.2 cm³/mol. The van der Waals surface area contributed by atoms with Crippen LogP contribution in [0.15, 0.2) is 53.3 Å². The molecule has 0 radical (unpaired) electrons. The number of nitrogens with one attached hydrogen (secondary N) is 2. The van der Waals surface area contributed by atoms with Gasteiger partial charge in [-0.3, -0.25) is 4.79 Å². The van der Waals surface area contributed by atoms with Crippen LogP contribution in [0.25, 0.3) is 11.0 Å². The lowest BCUT2D eigenvalue weighted by atomic mass is 9.93. The number of hydrogen-bond acceptors (Lipinski definition) is 4. The first kappa shape index (κ1) is 14.0. The van der Waals surface area contributed by atoms with Crippen molar-refractivity contribution >= 4 is 22.8 Å². The second-order valence-corrected chi connectivity index (χ2v) is 6.13. The number of rotatable bonds is 3. The molecule has 25 heavy (non-hydrogen) atoms. The van der Waals surface area contributed by atoms with Crippen molar-refractivity contribution in [2.45, 2.75) is 18.9 Å². The van der Waals surface area contributed by atoms with Gasteiger partial charge < -0.3 is 14.7 Å². The zero-order chi connectivity index (χ0) is 16.8. The van der Waals surface area contributed by atoms with Gasteiger partial charge in [-0.2, -0.15) is 5.10 Å². The number of benzene rings is 1. The second-order valence-electron chi connectivity index (χ2n) is 6.13. The minimum absolute atomic E-state index is 0.0425. The fourth-order valence-electron chi connectivity index (χ4n) is 3.32. The highest BCUT2D eigenvalue weighted by molar-refractivity contribution is 5.94. The highest BCUT2D eigenvalue weighted by Crippen LogP contribution is 2.36. The predicted octanol–water partition coefficient (Wildman–Crippen LogP) is 2.87. The van der Waals surface area contributed by atoms with Gasteiger partial charge >= 0.3 is 0 Å². The molecule has 1 aliphatic heterocycles. The van der Waals surface area contributed by atoms with Gasteiger partial charge in [0.25, 0.3) is 0 Å². The molecule has 3 aromatic heterocycles. The lowest BCUT2D eigenvalue weighted by Crippen LogP contribution is -2.25. The molecule has 0 saturated carbocycles. The number of carbonyl (C=O) groups is 1. The monoisotopic (exact) mass is 333 g/mol. The van der Waals surface area contributed by atoms with Crippen molar-refractivity contribution in [1.82, 2.24) is 19.7 Å². The van der Waals surface area contributed by atoms with Gasteiger partial charge in [0.1, 0.15) is 23.9 Å². The fraction of sp³-hybridized carbons (Fsp3) is 0.167. The van der Waals surface area contributed by atoms with Gasteiger partial charge in [0, 0.05) is 12.0 Å². The van der Waals surface area contributed by atoms with E-state index in [1.54, 1.807) is 17.1 Å². The smallest absolute Gasteiger partial charge is 0.226 e. The van der Waals surface area contributed by atoms with E-state index in [0.29, 0.717) is 18.8 Å². The quantitative estimate of drug-likeness (QED) is 0.603. The Bertz CT molecular complexity index is 1030. The Hall–Kier alpha value is -3.35. The summed E-state index contributed by atoms with van der Waals surface area (Å²) >= 11 is 0. The van der Waals surface area contributed by atoms with E-state index in [0.717, 1.165) is 28.2 Å². The summed E-state index contributed by atoms with van der Waals surface area (Å²) in [6.07, 6.45) is 3.77. The number of H-pyrrole nitrogens is 1. The molecule has 1 aliphatic rings. The van der Waals surface area contributed by atoms with Crippen molar-refractivity contribution in [1.29, 1.82) is 0 Å². The molecule has 0 fully saturated rings. The molecule has 0 spiro atoms. The first-order valence-corrected chi connectivity index (χ1v) is 8.10. The lowest BCUT2D eigenvalue weighted by Gasteiger charge is -2.21. The number of aromatic nitrogens is 4. The number of anilines is 1. The number of carbonyl (C=O) groups excluding carboxylic acids is 1. The summed E-state index contributed by atoms with van der Waals surface area (Å²) in [5, 5.41) is 7.37. The number of amides is 1. The van der Waals surface area contributed by atoms with E-state index in [1.807, 2.05) is 36.4 Å². The van der Waals surface area contributed by atoms with E-state index in [1.165, 1.54) is 0 Å². The zero-order valence-electron chi connectivity index (χ0n) is 13.3. The van der Waals surface area contributed by atoms with Gasteiger partial charge in [-0.25, -0.2) is 9.67 Å². The van der Waals surface area contributed by atoms with Crippen LogP contribution in [0.3, 0.4) is 0 Å². The van der Waals surface area contributed by atoms with Crippen LogP contribution in [-0.4, -0.2) is 25.7 Å². The Labute approximate surface area is 142 Å². The highest BCUT2D eigenvalue weighted by atomic mass is 16.3.